The monoisotopic (exact) mass is 309 g/mol. The van der Waals surface area contributed by atoms with Crippen molar-refractivity contribution in [1.82, 2.24) is 15.7 Å². The molecule has 0 radical (unpaired) electrons. The van der Waals surface area contributed by atoms with Crippen molar-refractivity contribution in [1.29, 1.82) is 0 Å². The molecule has 0 saturated carbocycles. The largest absolute Gasteiger partial charge is 0.391 e. The molecule has 0 aliphatic heterocycles. The predicted octanol–water partition coefficient (Wildman–Crippen LogP) is 2.35. The average Bonchev–Trinajstić information content (AvgIpc) is 3.15. The average molecular weight is 309 g/mol. The zero-order valence-corrected chi connectivity index (χ0v) is 12.7. The van der Waals surface area contributed by atoms with Gasteiger partial charge >= 0.3 is 0 Å². The molecule has 0 aliphatic carbocycles. The third-order valence-electron chi connectivity index (χ3n) is 2.93. The van der Waals surface area contributed by atoms with E-state index in [2.05, 4.69) is 22.6 Å². The summed E-state index contributed by atoms with van der Waals surface area (Å²) >= 11 is 1.35. The minimum atomic E-state index is -0.547. The minimum Gasteiger partial charge on any atom is -0.391 e. The highest BCUT2D eigenvalue weighted by Crippen LogP contribution is 2.26. The Balaban J connectivity index is 1.79. The molecule has 1 unspecified atom stereocenters. The van der Waals surface area contributed by atoms with Gasteiger partial charge in [-0.1, -0.05) is 19.8 Å². The molecule has 0 aliphatic rings. The molecular weight excluding hydrogens is 290 g/mol. The molecule has 2 rings (SSSR count). The van der Waals surface area contributed by atoms with E-state index in [0.29, 0.717) is 11.3 Å². The Kier molecular flexibility index (Phi) is 5.91. The van der Waals surface area contributed by atoms with E-state index in [4.69, 9.17) is 4.84 Å². The lowest BCUT2D eigenvalue weighted by Gasteiger charge is -2.10. The number of aromatic amines is 1. The summed E-state index contributed by atoms with van der Waals surface area (Å²) in [5, 5.41) is 16.3. The van der Waals surface area contributed by atoms with Gasteiger partial charge in [-0.25, -0.2) is 5.48 Å². The van der Waals surface area contributed by atoms with E-state index < -0.39 is 6.10 Å². The van der Waals surface area contributed by atoms with Crippen LogP contribution in [-0.2, 0) is 4.84 Å². The van der Waals surface area contributed by atoms with Crippen molar-refractivity contribution in [3.8, 4) is 10.6 Å². The highest BCUT2D eigenvalue weighted by atomic mass is 32.1. The summed E-state index contributed by atoms with van der Waals surface area (Å²) in [5.74, 6) is -0.312. The number of aromatic nitrogens is 2. The number of hydrogen-bond donors (Lipinski definition) is 3. The van der Waals surface area contributed by atoms with Crippen molar-refractivity contribution >= 4 is 17.2 Å². The molecule has 2 heterocycles. The van der Waals surface area contributed by atoms with Gasteiger partial charge in [0.05, 0.1) is 21.6 Å². The molecule has 3 N–H and O–H groups in total. The van der Waals surface area contributed by atoms with Crippen molar-refractivity contribution in [2.45, 2.75) is 32.3 Å². The lowest BCUT2D eigenvalue weighted by Crippen LogP contribution is -2.27. The van der Waals surface area contributed by atoms with Gasteiger partial charge in [0.15, 0.2) is 0 Å². The number of aliphatic hydroxyl groups is 1. The van der Waals surface area contributed by atoms with Gasteiger partial charge in [-0.3, -0.25) is 14.7 Å². The number of nitrogens with one attached hydrogen (secondary N) is 2. The normalized spacial score (nSPS) is 12.3. The number of carbonyl (C=O) groups is 1. The molecule has 21 heavy (non-hydrogen) atoms. The number of nitrogens with zero attached hydrogens (tertiary/aromatic N) is 1. The maximum absolute atomic E-state index is 11.9. The third-order valence-corrected chi connectivity index (χ3v) is 4.04. The lowest BCUT2D eigenvalue weighted by atomic mass is 10.2. The quantitative estimate of drug-likeness (QED) is 0.653. The SMILES string of the molecule is CCCCC(O)CONC(=O)c1ccc(-c2ccn[nH]2)s1. The van der Waals surface area contributed by atoms with E-state index in [1.165, 1.54) is 11.3 Å². The van der Waals surface area contributed by atoms with Crippen molar-refractivity contribution in [2.24, 2.45) is 0 Å². The van der Waals surface area contributed by atoms with Crippen LogP contribution in [0.25, 0.3) is 10.6 Å². The molecule has 0 saturated heterocycles. The van der Waals surface area contributed by atoms with Gasteiger partial charge in [0.25, 0.3) is 5.91 Å². The van der Waals surface area contributed by atoms with Crippen LogP contribution in [0.5, 0.6) is 0 Å². The van der Waals surface area contributed by atoms with E-state index in [-0.39, 0.29) is 12.5 Å². The summed E-state index contributed by atoms with van der Waals surface area (Å²) < 4.78 is 0. The highest BCUT2D eigenvalue weighted by molar-refractivity contribution is 7.17. The van der Waals surface area contributed by atoms with Crippen molar-refractivity contribution in [3.05, 3.63) is 29.3 Å². The molecule has 114 valence electrons. The van der Waals surface area contributed by atoms with Crippen LogP contribution in [0.3, 0.4) is 0 Å². The fraction of sp³-hybridized carbons (Fsp3) is 0.429. The second kappa shape index (κ2) is 7.92. The van der Waals surface area contributed by atoms with E-state index in [9.17, 15) is 9.90 Å². The number of thiophene rings is 1. The predicted molar refractivity (Wildman–Crippen MR) is 80.9 cm³/mol. The number of unbranched alkanes of at least 4 members (excludes halogenated alkanes) is 1. The van der Waals surface area contributed by atoms with Crippen LogP contribution in [0.15, 0.2) is 24.4 Å². The molecule has 2 aromatic heterocycles. The van der Waals surface area contributed by atoms with Gasteiger partial charge in [-0.2, -0.15) is 5.10 Å². The maximum Gasteiger partial charge on any atom is 0.284 e. The first-order chi connectivity index (χ1) is 10.2. The first-order valence-electron chi connectivity index (χ1n) is 6.90. The number of aliphatic hydroxyl groups excluding tert-OH is 1. The molecule has 0 fully saturated rings. The van der Waals surface area contributed by atoms with Crippen LogP contribution in [0.1, 0.15) is 35.9 Å². The zero-order chi connectivity index (χ0) is 15.1. The fourth-order valence-corrected chi connectivity index (χ4v) is 2.64. The van der Waals surface area contributed by atoms with Gasteiger partial charge in [-0.15, -0.1) is 11.3 Å². The summed E-state index contributed by atoms with van der Waals surface area (Å²) in [6.07, 6.45) is 3.76. The first kappa shape index (κ1) is 15.7. The molecular formula is C14H19N3O3S. The Morgan fingerprint density at radius 1 is 1.52 bits per heavy atom. The van der Waals surface area contributed by atoms with Gasteiger partial charge < -0.3 is 5.11 Å². The Bertz CT molecular complexity index is 554. The number of amides is 1. The smallest absolute Gasteiger partial charge is 0.284 e. The van der Waals surface area contributed by atoms with Gasteiger partial charge in [-0.05, 0) is 24.6 Å². The molecule has 1 amide bonds. The summed E-state index contributed by atoms with van der Waals surface area (Å²) in [5.41, 5.74) is 3.22. The van der Waals surface area contributed by atoms with Gasteiger partial charge in [0.2, 0.25) is 0 Å². The summed E-state index contributed by atoms with van der Waals surface area (Å²) in [4.78, 5) is 18.4. The minimum absolute atomic E-state index is 0.102. The Morgan fingerprint density at radius 3 is 3.10 bits per heavy atom. The topological polar surface area (TPSA) is 87.2 Å². The summed E-state index contributed by atoms with van der Waals surface area (Å²) in [6.45, 7) is 2.16. The van der Waals surface area contributed by atoms with Crippen molar-refractivity contribution in [2.75, 3.05) is 6.61 Å². The number of hydrogen-bond acceptors (Lipinski definition) is 5. The molecule has 0 aromatic carbocycles. The zero-order valence-electron chi connectivity index (χ0n) is 11.8. The molecule has 0 bridgehead atoms. The second-order valence-electron chi connectivity index (χ2n) is 4.67. The van der Waals surface area contributed by atoms with Crippen molar-refractivity contribution in [3.63, 3.8) is 0 Å². The number of H-pyrrole nitrogens is 1. The number of hydroxylamine groups is 1. The summed E-state index contributed by atoms with van der Waals surface area (Å²) in [7, 11) is 0. The Hall–Kier alpha value is -1.70. The van der Waals surface area contributed by atoms with E-state index in [1.807, 2.05) is 12.1 Å². The number of carbonyl (C=O) groups excluding carboxylic acids is 1. The molecule has 7 heteroatoms. The molecule has 0 spiro atoms. The van der Waals surface area contributed by atoms with Crippen LogP contribution >= 0.6 is 11.3 Å². The van der Waals surface area contributed by atoms with Crippen molar-refractivity contribution < 1.29 is 14.7 Å². The standard InChI is InChI=1S/C14H19N3O3S/c1-2-3-4-10(18)9-20-17-14(19)13-6-5-12(21-13)11-7-8-15-16-11/h5-8,10,18H,2-4,9H2,1H3,(H,15,16)(H,17,19). The first-order valence-corrected chi connectivity index (χ1v) is 7.72. The van der Waals surface area contributed by atoms with Crippen LogP contribution in [-0.4, -0.2) is 33.9 Å². The van der Waals surface area contributed by atoms with Crippen LogP contribution in [0.2, 0.25) is 0 Å². The summed E-state index contributed by atoms with van der Waals surface area (Å²) in [6, 6.07) is 5.42. The van der Waals surface area contributed by atoms with Gasteiger partial charge in [0.1, 0.15) is 6.61 Å². The lowest BCUT2D eigenvalue weighted by molar-refractivity contribution is -0.0151. The Morgan fingerprint density at radius 2 is 2.38 bits per heavy atom. The number of rotatable bonds is 8. The highest BCUT2D eigenvalue weighted by Gasteiger charge is 2.12. The third kappa shape index (κ3) is 4.66. The molecule has 2 aromatic rings. The van der Waals surface area contributed by atoms with E-state index >= 15 is 0 Å². The fourth-order valence-electron chi connectivity index (χ4n) is 1.77. The van der Waals surface area contributed by atoms with E-state index in [1.54, 1.807) is 12.3 Å². The van der Waals surface area contributed by atoms with Gasteiger partial charge in [0, 0.05) is 6.20 Å². The van der Waals surface area contributed by atoms with E-state index in [0.717, 1.165) is 23.4 Å². The van der Waals surface area contributed by atoms with Crippen LogP contribution in [0.4, 0.5) is 0 Å². The maximum atomic E-state index is 11.9. The van der Waals surface area contributed by atoms with Crippen LogP contribution in [0, 0.1) is 0 Å². The molecule has 6 nitrogen and oxygen atoms in total. The van der Waals surface area contributed by atoms with Crippen LogP contribution < -0.4 is 5.48 Å². The second-order valence-corrected chi connectivity index (χ2v) is 5.76. The molecule has 1 atom stereocenters. The Labute approximate surface area is 127 Å².